The van der Waals surface area contributed by atoms with Crippen LogP contribution in [0.3, 0.4) is 0 Å². The van der Waals surface area contributed by atoms with Crippen molar-refractivity contribution in [2.75, 3.05) is 49.2 Å². The number of piperidine rings is 2. The molecule has 0 amide bonds. The molecule has 0 aromatic carbocycles. The zero-order chi connectivity index (χ0) is 25.4. The lowest BCUT2D eigenvalue weighted by molar-refractivity contribution is -0.177. The summed E-state index contributed by atoms with van der Waals surface area (Å²) in [7, 11) is 11.2. The van der Waals surface area contributed by atoms with Crippen molar-refractivity contribution in [1.82, 2.24) is 4.90 Å². The van der Waals surface area contributed by atoms with E-state index < -0.39 is 0 Å². The molecule has 0 spiro atoms. The van der Waals surface area contributed by atoms with Gasteiger partial charge in [-0.15, -0.1) is 0 Å². The highest BCUT2D eigenvalue weighted by Crippen LogP contribution is 2.54. The average Bonchev–Trinajstić information content (AvgIpc) is 2.93. The Labute approximate surface area is 218 Å². The molecule has 13 unspecified atom stereocenters. The van der Waals surface area contributed by atoms with Crippen LogP contribution in [0.2, 0.25) is 0 Å². The predicted octanol–water partition coefficient (Wildman–Crippen LogP) is 3.78. The third-order valence-electron chi connectivity index (χ3n) is 11.2. The molecule has 5 fully saturated rings. The van der Waals surface area contributed by atoms with Gasteiger partial charge in [0.1, 0.15) is 0 Å². The summed E-state index contributed by atoms with van der Waals surface area (Å²) in [6.45, 7) is 1.21. The second-order valence-corrected chi connectivity index (χ2v) is 12.3. The summed E-state index contributed by atoms with van der Waals surface area (Å²) >= 11 is 0. The Morgan fingerprint density at radius 2 is 0.944 bits per heavy atom. The molecule has 208 valence electrons. The summed E-state index contributed by atoms with van der Waals surface area (Å²) in [5.74, 6) is 3.41. The van der Waals surface area contributed by atoms with Gasteiger partial charge in [0, 0.05) is 54.7 Å². The van der Waals surface area contributed by atoms with E-state index in [1.165, 1.54) is 25.8 Å². The number of hydrogen-bond donors (Lipinski definition) is 0. The van der Waals surface area contributed by atoms with E-state index in [4.69, 9.17) is 28.4 Å². The van der Waals surface area contributed by atoms with Gasteiger partial charge in [-0.1, -0.05) is 0 Å². The van der Waals surface area contributed by atoms with E-state index in [0.717, 1.165) is 44.4 Å². The van der Waals surface area contributed by atoms with Crippen molar-refractivity contribution in [2.45, 2.75) is 106 Å². The summed E-state index contributed by atoms with van der Waals surface area (Å²) in [5, 5.41) is 0. The van der Waals surface area contributed by atoms with Crippen LogP contribution in [0.25, 0.3) is 0 Å². The van der Waals surface area contributed by atoms with Gasteiger partial charge in [0.15, 0.2) is 0 Å². The topological polar surface area (TPSA) is 58.6 Å². The van der Waals surface area contributed by atoms with E-state index in [1.54, 1.807) is 0 Å². The normalized spacial score (nSPS) is 49.7. The lowest BCUT2D eigenvalue weighted by Gasteiger charge is -2.62. The first-order valence-electron chi connectivity index (χ1n) is 14.5. The molecule has 3 saturated carbocycles. The lowest BCUT2D eigenvalue weighted by atomic mass is 9.58. The molecule has 7 nitrogen and oxygen atoms in total. The first-order chi connectivity index (χ1) is 17.6. The maximum atomic E-state index is 6.01. The van der Waals surface area contributed by atoms with Crippen molar-refractivity contribution in [1.29, 1.82) is 0 Å². The minimum atomic E-state index is 0.189. The zero-order valence-electron chi connectivity index (χ0n) is 23.5. The van der Waals surface area contributed by atoms with E-state index >= 15 is 0 Å². The van der Waals surface area contributed by atoms with Crippen LogP contribution in [0.1, 0.15) is 57.8 Å². The highest BCUT2D eigenvalue weighted by Gasteiger charge is 2.56. The van der Waals surface area contributed by atoms with Crippen LogP contribution in [0.5, 0.6) is 0 Å². The monoisotopic (exact) mass is 509 g/mol. The SMILES string of the molecule is COC1CCC(C2C3CC(OC)C(OC)CC3CC3C4CC(OC)C(OC)CC4CCN32)CC1OC. The summed E-state index contributed by atoms with van der Waals surface area (Å²) in [6, 6.07) is 1.21. The van der Waals surface area contributed by atoms with Crippen molar-refractivity contribution in [3.05, 3.63) is 0 Å². The van der Waals surface area contributed by atoms with Gasteiger partial charge in [-0.2, -0.15) is 0 Å². The van der Waals surface area contributed by atoms with Crippen LogP contribution in [-0.2, 0) is 28.4 Å². The molecule has 3 aliphatic carbocycles. The molecule has 36 heavy (non-hydrogen) atoms. The van der Waals surface area contributed by atoms with E-state index in [-0.39, 0.29) is 36.6 Å². The van der Waals surface area contributed by atoms with E-state index in [2.05, 4.69) is 4.90 Å². The summed E-state index contributed by atoms with van der Waals surface area (Å²) in [4.78, 5) is 2.98. The van der Waals surface area contributed by atoms with Crippen LogP contribution in [0.4, 0.5) is 0 Å². The van der Waals surface area contributed by atoms with Gasteiger partial charge in [0.2, 0.25) is 0 Å². The van der Waals surface area contributed by atoms with E-state index in [1.807, 2.05) is 42.7 Å². The molecular formula is C29H51NO6. The van der Waals surface area contributed by atoms with Crippen molar-refractivity contribution in [3.8, 4) is 0 Å². The van der Waals surface area contributed by atoms with Gasteiger partial charge in [-0.3, -0.25) is 4.90 Å². The number of fused-ring (bicyclic) bond motifs is 4. The number of hydrogen-bond acceptors (Lipinski definition) is 7. The molecular weight excluding hydrogens is 458 g/mol. The second-order valence-electron chi connectivity index (χ2n) is 12.3. The molecule has 0 bridgehead atoms. The fourth-order valence-corrected chi connectivity index (χ4v) is 9.50. The Morgan fingerprint density at radius 1 is 0.444 bits per heavy atom. The third-order valence-corrected chi connectivity index (χ3v) is 11.2. The van der Waals surface area contributed by atoms with Gasteiger partial charge < -0.3 is 28.4 Å². The Kier molecular flexibility index (Phi) is 8.98. The highest BCUT2D eigenvalue weighted by atomic mass is 16.5. The highest BCUT2D eigenvalue weighted by molar-refractivity contribution is 5.08. The van der Waals surface area contributed by atoms with Gasteiger partial charge in [-0.25, -0.2) is 0 Å². The number of rotatable bonds is 7. The molecule has 0 aromatic heterocycles. The van der Waals surface area contributed by atoms with Crippen molar-refractivity contribution < 1.29 is 28.4 Å². The Balaban J connectivity index is 1.44. The lowest BCUT2D eigenvalue weighted by Crippen LogP contribution is -2.66. The number of ether oxygens (including phenoxy) is 6. The van der Waals surface area contributed by atoms with Crippen LogP contribution in [-0.4, -0.2) is 103 Å². The molecule has 2 heterocycles. The fourth-order valence-electron chi connectivity index (χ4n) is 9.50. The zero-order valence-corrected chi connectivity index (χ0v) is 23.5. The Bertz CT molecular complexity index is 709. The van der Waals surface area contributed by atoms with Crippen LogP contribution < -0.4 is 0 Å². The largest absolute Gasteiger partial charge is 0.379 e. The molecule has 2 saturated heterocycles. The van der Waals surface area contributed by atoms with Crippen LogP contribution in [0.15, 0.2) is 0 Å². The predicted molar refractivity (Wildman–Crippen MR) is 138 cm³/mol. The summed E-state index contributed by atoms with van der Waals surface area (Å²) < 4.78 is 35.7. The maximum Gasteiger partial charge on any atom is 0.0836 e. The molecule has 7 heteroatoms. The molecule has 5 rings (SSSR count). The van der Waals surface area contributed by atoms with E-state index in [0.29, 0.717) is 35.8 Å². The molecule has 5 aliphatic rings. The van der Waals surface area contributed by atoms with Crippen molar-refractivity contribution in [3.63, 3.8) is 0 Å². The fraction of sp³-hybridized carbons (Fsp3) is 1.00. The van der Waals surface area contributed by atoms with Crippen molar-refractivity contribution in [2.24, 2.45) is 29.6 Å². The van der Waals surface area contributed by atoms with E-state index in [9.17, 15) is 0 Å². The quantitative estimate of drug-likeness (QED) is 0.518. The minimum Gasteiger partial charge on any atom is -0.379 e. The summed E-state index contributed by atoms with van der Waals surface area (Å²) in [5.41, 5.74) is 0. The standard InChI is InChI=1S/C29H51NO6/c1-31-23-8-7-18(13-24(23)32-2)29-21-16-28(36-6)26(34-4)14-19(21)11-22-20-15-27(35-5)25(33-3)12-17(20)9-10-30(22)29/h17-29H,7-16H2,1-6H3. The van der Waals surface area contributed by atoms with Gasteiger partial charge in [-0.05, 0) is 93.9 Å². The average molecular weight is 510 g/mol. The first kappa shape index (κ1) is 27.3. The molecule has 2 aliphatic heterocycles. The van der Waals surface area contributed by atoms with Gasteiger partial charge in [0.25, 0.3) is 0 Å². The third kappa shape index (κ3) is 4.91. The van der Waals surface area contributed by atoms with Crippen LogP contribution in [0, 0.1) is 29.6 Å². The van der Waals surface area contributed by atoms with Crippen LogP contribution >= 0.6 is 0 Å². The molecule has 13 atom stereocenters. The second kappa shape index (κ2) is 11.8. The Morgan fingerprint density at radius 3 is 1.56 bits per heavy atom. The Hall–Kier alpha value is -0.280. The van der Waals surface area contributed by atoms with Crippen molar-refractivity contribution >= 4 is 0 Å². The van der Waals surface area contributed by atoms with Gasteiger partial charge in [0.05, 0.1) is 36.6 Å². The molecule has 0 N–H and O–H groups in total. The smallest absolute Gasteiger partial charge is 0.0836 e. The minimum absolute atomic E-state index is 0.189. The maximum absolute atomic E-state index is 6.01. The summed E-state index contributed by atoms with van der Waals surface area (Å²) in [6.07, 6.45) is 11.7. The van der Waals surface area contributed by atoms with Gasteiger partial charge >= 0.3 is 0 Å². The first-order valence-corrected chi connectivity index (χ1v) is 14.5. The molecule has 0 aromatic rings. The molecule has 0 radical (unpaired) electrons. The number of methoxy groups -OCH3 is 6. The number of nitrogens with zero attached hydrogens (tertiary/aromatic N) is 1.